The summed E-state index contributed by atoms with van der Waals surface area (Å²) in [5.41, 5.74) is 6.73. The van der Waals surface area contributed by atoms with Gasteiger partial charge in [-0.1, -0.05) is 23.2 Å². The van der Waals surface area contributed by atoms with Crippen LogP contribution < -0.4 is 5.73 Å². The number of nitrogens with zero attached hydrogens (tertiary/aromatic N) is 2. The number of carbonyl (C=O) groups is 1. The third kappa shape index (κ3) is 5.21. The van der Waals surface area contributed by atoms with Gasteiger partial charge in [-0.25, -0.2) is 4.98 Å². The number of rotatable bonds is 4. The second-order valence-corrected chi connectivity index (χ2v) is 6.36. The maximum atomic E-state index is 12.3. The number of amides is 1. The van der Waals surface area contributed by atoms with E-state index in [1.807, 2.05) is 6.92 Å². The summed E-state index contributed by atoms with van der Waals surface area (Å²) in [5, 5.41) is 3.49. The van der Waals surface area contributed by atoms with E-state index in [1.165, 1.54) is 11.3 Å². The number of nitrogens with two attached hydrogens (primary N) is 1. The van der Waals surface area contributed by atoms with Crippen molar-refractivity contribution in [1.29, 1.82) is 0 Å². The van der Waals surface area contributed by atoms with Gasteiger partial charge < -0.3 is 10.6 Å². The average molecular weight is 417 g/mol. The Labute approximate surface area is 161 Å². The van der Waals surface area contributed by atoms with Crippen LogP contribution >= 0.6 is 59.4 Å². The van der Waals surface area contributed by atoms with E-state index >= 15 is 0 Å². The van der Waals surface area contributed by atoms with Gasteiger partial charge in [-0.2, -0.15) is 0 Å². The van der Waals surface area contributed by atoms with Crippen molar-refractivity contribution in [1.82, 2.24) is 9.88 Å². The predicted octanol–water partition coefficient (Wildman–Crippen LogP) is 4.38. The maximum Gasteiger partial charge on any atom is 0.273 e. The minimum atomic E-state index is -0.152. The molecule has 9 heteroatoms. The summed E-state index contributed by atoms with van der Waals surface area (Å²) >= 11 is 13.4. The molecule has 0 spiro atoms. The number of aromatic nitrogens is 1. The predicted molar refractivity (Wildman–Crippen MR) is 103 cm³/mol. The van der Waals surface area contributed by atoms with E-state index in [1.54, 1.807) is 35.5 Å². The molecule has 1 atom stereocenters. The van der Waals surface area contributed by atoms with Gasteiger partial charge in [0.1, 0.15) is 10.7 Å². The minimum Gasteiger partial charge on any atom is -0.336 e. The Balaban J connectivity index is 0.00000242. The largest absolute Gasteiger partial charge is 0.336 e. The fourth-order valence-electron chi connectivity index (χ4n) is 1.70. The number of hydrogen-bond acceptors (Lipinski definition) is 4. The molecule has 2 N–H and O–H groups in total. The number of hydrogen-bond donors (Lipinski definition) is 1. The van der Waals surface area contributed by atoms with E-state index in [0.29, 0.717) is 27.3 Å². The highest BCUT2D eigenvalue weighted by Crippen LogP contribution is 2.32. The molecule has 1 amide bonds. The third-order valence-corrected chi connectivity index (χ3v) is 4.63. The molecule has 128 valence electrons. The molecule has 23 heavy (non-hydrogen) atoms. The first-order valence-corrected chi connectivity index (χ1v) is 7.95. The first kappa shape index (κ1) is 22.4. The molecule has 4 nitrogen and oxygen atoms in total. The van der Waals surface area contributed by atoms with Crippen LogP contribution in [0.4, 0.5) is 0 Å². The van der Waals surface area contributed by atoms with Crippen LogP contribution in [0.15, 0.2) is 23.6 Å². The summed E-state index contributed by atoms with van der Waals surface area (Å²) in [6.07, 6.45) is 0. The highest BCUT2D eigenvalue weighted by molar-refractivity contribution is 7.13. The number of thiazole rings is 1. The van der Waals surface area contributed by atoms with Gasteiger partial charge in [0.05, 0.1) is 5.02 Å². The first-order chi connectivity index (χ1) is 9.93. The number of halogens is 4. The summed E-state index contributed by atoms with van der Waals surface area (Å²) in [7, 11) is 1.72. The molecule has 1 aromatic heterocycles. The summed E-state index contributed by atoms with van der Waals surface area (Å²) in [4.78, 5) is 18.2. The van der Waals surface area contributed by atoms with Crippen LogP contribution in [0.25, 0.3) is 10.6 Å². The lowest BCUT2D eigenvalue weighted by Gasteiger charge is -2.22. The van der Waals surface area contributed by atoms with E-state index in [2.05, 4.69) is 4.98 Å². The molecule has 0 bridgehead atoms. The Kier molecular flexibility index (Phi) is 9.43. The van der Waals surface area contributed by atoms with Crippen LogP contribution in [0, 0.1) is 0 Å². The van der Waals surface area contributed by atoms with Gasteiger partial charge >= 0.3 is 0 Å². The lowest BCUT2D eigenvalue weighted by atomic mass is 10.2. The van der Waals surface area contributed by atoms with Gasteiger partial charge in [-0.15, -0.1) is 36.2 Å². The Morgan fingerprint density at radius 3 is 2.61 bits per heavy atom. The van der Waals surface area contributed by atoms with Crippen LogP contribution in [0.3, 0.4) is 0 Å². The monoisotopic (exact) mass is 415 g/mol. The molecule has 0 saturated heterocycles. The Morgan fingerprint density at radius 2 is 2.04 bits per heavy atom. The van der Waals surface area contributed by atoms with Crippen molar-refractivity contribution in [2.45, 2.75) is 13.0 Å². The first-order valence-electron chi connectivity index (χ1n) is 6.32. The molecule has 1 heterocycles. The molecule has 0 aliphatic heterocycles. The van der Waals surface area contributed by atoms with Crippen LogP contribution in [-0.4, -0.2) is 35.4 Å². The second kappa shape index (κ2) is 9.67. The zero-order valence-corrected chi connectivity index (χ0v) is 16.4. The molecule has 0 aliphatic carbocycles. The highest BCUT2D eigenvalue weighted by Gasteiger charge is 2.20. The van der Waals surface area contributed by atoms with E-state index in [4.69, 9.17) is 28.9 Å². The molecule has 0 aliphatic rings. The van der Waals surface area contributed by atoms with E-state index in [9.17, 15) is 4.79 Å². The summed E-state index contributed by atoms with van der Waals surface area (Å²) in [5.74, 6) is -0.152. The van der Waals surface area contributed by atoms with Crippen molar-refractivity contribution < 1.29 is 4.79 Å². The van der Waals surface area contributed by atoms with Gasteiger partial charge in [0.2, 0.25) is 0 Å². The lowest BCUT2D eigenvalue weighted by Crippen LogP contribution is -2.39. The van der Waals surface area contributed by atoms with Crippen LogP contribution in [0.1, 0.15) is 17.4 Å². The molecule has 0 radical (unpaired) electrons. The van der Waals surface area contributed by atoms with E-state index in [0.717, 1.165) is 5.56 Å². The fourth-order valence-corrected chi connectivity index (χ4v) is 3.08. The number of likely N-dealkylation sites (N-methyl/N-ethyl adjacent to an activating group) is 1. The Hall–Kier alpha value is -0.560. The van der Waals surface area contributed by atoms with Gasteiger partial charge in [0.25, 0.3) is 5.91 Å². The summed E-state index contributed by atoms with van der Waals surface area (Å²) < 4.78 is 0. The number of carbonyl (C=O) groups excluding carboxylic acids is 1. The van der Waals surface area contributed by atoms with Crippen molar-refractivity contribution in [3.8, 4) is 10.6 Å². The van der Waals surface area contributed by atoms with Crippen molar-refractivity contribution in [3.63, 3.8) is 0 Å². The Bertz CT molecular complexity index is 665. The van der Waals surface area contributed by atoms with E-state index < -0.39 is 0 Å². The topological polar surface area (TPSA) is 59.2 Å². The maximum absolute atomic E-state index is 12.3. The molecule has 2 rings (SSSR count). The van der Waals surface area contributed by atoms with Gasteiger partial charge in [-0.3, -0.25) is 4.79 Å². The molecule has 2 aromatic rings. The standard InChI is InChI=1S/C14H15Cl2N3OS.2ClH/c1-8(6-17)19(2)14(20)12-7-21-13(18-12)10-4-3-9(15)5-11(10)16;;/h3-5,7-8H,6,17H2,1-2H3;2*1H. The molecule has 0 fully saturated rings. The molecular formula is C14H17Cl4N3OS. The summed E-state index contributed by atoms with van der Waals surface area (Å²) in [6.45, 7) is 2.30. The van der Waals surface area contributed by atoms with Crippen molar-refractivity contribution in [2.24, 2.45) is 5.73 Å². The second-order valence-electron chi connectivity index (χ2n) is 4.66. The zero-order valence-electron chi connectivity index (χ0n) is 12.5. The fraction of sp³-hybridized carbons (Fsp3) is 0.286. The molecule has 1 aromatic carbocycles. The SMILES string of the molecule is CC(CN)N(C)C(=O)c1csc(-c2ccc(Cl)cc2Cl)n1.Cl.Cl. The van der Waals surface area contributed by atoms with Gasteiger partial charge in [-0.05, 0) is 25.1 Å². The quantitative estimate of drug-likeness (QED) is 0.804. The minimum absolute atomic E-state index is 0. The third-order valence-electron chi connectivity index (χ3n) is 3.21. The highest BCUT2D eigenvalue weighted by atomic mass is 35.5. The van der Waals surface area contributed by atoms with Gasteiger partial charge in [0.15, 0.2) is 0 Å². The van der Waals surface area contributed by atoms with E-state index in [-0.39, 0.29) is 36.8 Å². The van der Waals surface area contributed by atoms with Gasteiger partial charge in [0, 0.05) is 35.6 Å². The lowest BCUT2D eigenvalue weighted by molar-refractivity contribution is 0.0743. The molecule has 1 unspecified atom stereocenters. The van der Waals surface area contributed by atoms with Crippen LogP contribution in [0.5, 0.6) is 0 Å². The van der Waals surface area contributed by atoms with Crippen LogP contribution in [-0.2, 0) is 0 Å². The average Bonchev–Trinajstić information content (AvgIpc) is 2.94. The Morgan fingerprint density at radius 1 is 1.39 bits per heavy atom. The smallest absolute Gasteiger partial charge is 0.273 e. The molecule has 0 saturated carbocycles. The van der Waals surface area contributed by atoms with Crippen molar-refractivity contribution in [3.05, 3.63) is 39.3 Å². The van der Waals surface area contributed by atoms with Crippen molar-refractivity contribution in [2.75, 3.05) is 13.6 Å². The number of benzene rings is 1. The summed E-state index contributed by atoms with van der Waals surface area (Å²) in [6, 6.07) is 5.16. The van der Waals surface area contributed by atoms with Crippen LogP contribution in [0.2, 0.25) is 10.0 Å². The van der Waals surface area contributed by atoms with Crippen molar-refractivity contribution >= 4 is 65.3 Å². The molecular weight excluding hydrogens is 400 g/mol. The normalized spacial score (nSPS) is 11.2. The zero-order chi connectivity index (χ0) is 15.6.